The highest BCUT2D eigenvalue weighted by Gasteiger charge is 2.08. The molecule has 0 unspecified atom stereocenters. The molecule has 1 aromatic carbocycles. The van der Waals surface area contributed by atoms with Crippen LogP contribution in [0.15, 0.2) is 30.5 Å². The Morgan fingerprint density at radius 3 is 2.44 bits per heavy atom. The molecule has 94 valence electrons. The second kappa shape index (κ2) is 5.31. The Kier molecular flexibility index (Phi) is 3.77. The number of nitrogens with zero attached hydrogens (tertiary/aromatic N) is 1. The van der Waals surface area contributed by atoms with Gasteiger partial charge < -0.3 is 4.74 Å². The molecule has 0 fully saturated rings. The minimum atomic E-state index is -0.691. The molecule has 0 aliphatic rings. The summed E-state index contributed by atoms with van der Waals surface area (Å²) in [5, 5.41) is 0. The lowest BCUT2D eigenvalue weighted by molar-refractivity contribution is 0.463. The van der Waals surface area contributed by atoms with Crippen molar-refractivity contribution in [3.05, 3.63) is 53.4 Å². The summed E-state index contributed by atoms with van der Waals surface area (Å²) < 4.78 is 31.5. The van der Waals surface area contributed by atoms with Crippen LogP contribution in [0.4, 0.5) is 8.78 Å². The summed E-state index contributed by atoms with van der Waals surface area (Å²) in [5.41, 5.74) is 1.39. The number of alkyl halides is 1. The van der Waals surface area contributed by atoms with E-state index in [1.54, 1.807) is 19.2 Å². The van der Waals surface area contributed by atoms with E-state index in [-0.39, 0.29) is 11.6 Å². The zero-order valence-electron chi connectivity index (χ0n) is 9.58. The van der Waals surface area contributed by atoms with E-state index in [1.807, 2.05) is 0 Å². The molecular weight excluding hydrogens is 260 g/mol. The summed E-state index contributed by atoms with van der Waals surface area (Å²) in [6.07, 6.45) is 1.58. The van der Waals surface area contributed by atoms with Crippen LogP contribution in [-0.4, -0.2) is 4.98 Å². The highest BCUT2D eigenvalue weighted by Crippen LogP contribution is 2.27. The Morgan fingerprint density at radius 2 is 1.83 bits per heavy atom. The number of halogens is 3. The number of pyridine rings is 1. The fourth-order valence-electron chi connectivity index (χ4n) is 1.47. The number of aryl methyl sites for hydroxylation is 1. The zero-order chi connectivity index (χ0) is 13.1. The molecule has 0 N–H and O–H groups in total. The summed E-state index contributed by atoms with van der Waals surface area (Å²) in [7, 11) is 0. The van der Waals surface area contributed by atoms with Crippen molar-refractivity contribution in [2.75, 3.05) is 0 Å². The van der Waals surface area contributed by atoms with E-state index in [4.69, 9.17) is 16.3 Å². The van der Waals surface area contributed by atoms with E-state index in [9.17, 15) is 8.78 Å². The smallest absolute Gasteiger partial charge is 0.135 e. The highest BCUT2D eigenvalue weighted by molar-refractivity contribution is 6.17. The predicted molar refractivity (Wildman–Crippen MR) is 65.0 cm³/mol. The van der Waals surface area contributed by atoms with Gasteiger partial charge in [0.1, 0.15) is 23.1 Å². The monoisotopic (exact) mass is 269 g/mol. The molecule has 0 aliphatic heterocycles. The van der Waals surface area contributed by atoms with Crippen molar-refractivity contribution in [1.82, 2.24) is 4.98 Å². The first-order chi connectivity index (χ1) is 8.58. The molecule has 1 heterocycles. The van der Waals surface area contributed by atoms with E-state index >= 15 is 0 Å². The molecule has 18 heavy (non-hydrogen) atoms. The van der Waals surface area contributed by atoms with Gasteiger partial charge in [-0.25, -0.2) is 8.78 Å². The number of rotatable bonds is 3. The first-order valence-corrected chi connectivity index (χ1v) is 5.77. The fourth-order valence-corrected chi connectivity index (χ4v) is 1.67. The second-order valence-corrected chi connectivity index (χ2v) is 4.04. The number of ether oxygens (including phenoxy) is 1. The highest BCUT2D eigenvalue weighted by atomic mass is 35.5. The third-order valence-electron chi connectivity index (χ3n) is 2.29. The van der Waals surface area contributed by atoms with Crippen molar-refractivity contribution in [3.8, 4) is 11.5 Å². The zero-order valence-corrected chi connectivity index (χ0v) is 10.3. The van der Waals surface area contributed by atoms with Crippen LogP contribution >= 0.6 is 11.6 Å². The van der Waals surface area contributed by atoms with Crippen LogP contribution < -0.4 is 4.74 Å². The van der Waals surface area contributed by atoms with Crippen molar-refractivity contribution < 1.29 is 13.5 Å². The molecule has 2 nitrogen and oxygen atoms in total. The Hall–Kier alpha value is -1.68. The Morgan fingerprint density at radius 1 is 1.17 bits per heavy atom. The van der Waals surface area contributed by atoms with Crippen LogP contribution in [0.5, 0.6) is 11.5 Å². The third-order valence-corrected chi connectivity index (χ3v) is 2.58. The van der Waals surface area contributed by atoms with Crippen LogP contribution in [0.25, 0.3) is 0 Å². The van der Waals surface area contributed by atoms with Gasteiger partial charge in [-0.3, -0.25) is 4.98 Å². The number of hydrogen-bond donors (Lipinski definition) is 0. The largest absolute Gasteiger partial charge is 0.457 e. The molecule has 1 aromatic heterocycles. The van der Waals surface area contributed by atoms with Crippen LogP contribution in [0.1, 0.15) is 11.3 Å². The third kappa shape index (κ3) is 2.96. The van der Waals surface area contributed by atoms with Crippen molar-refractivity contribution in [2.45, 2.75) is 12.8 Å². The van der Waals surface area contributed by atoms with Crippen molar-refractivity contribution >= 4 is 11.6 Å². The Labute approximate surface area is 108 Å². The van der Waals surface area contributed by atoms with Crippen LogP contribution in [0.3, 0.4) is 0 Å². The van der Waals surface area contributed by atoms with Gasteiger partial charge in [0, 0.05) is 41.7 Å². The Balaban J connectivity index is 2.35. The van der Waals surface area contributed by atoms with Gasteiger partial charge in [0.05, 0.1) is 5.88 Å². The maximum Gasteiger partial charge on any atom is 0.135 e. The lowest BCUT2D eigenvalue weighted by Crippen LogP contribution is -1.94. The summed E-state index contributed by atoms with van der Waals surface area (Å²) in [5.74, 6) is -0.640. The minimum absolute atomic E-state index is 0.0875. The van der Waals surface area contributed by atoms with E-state index in [0.717, 1.165) is 23.9 Å². The lowest BCUT2D eigenvalue weighted by Gasteiger charge is -2.10. The average molecular weight is 270 g/mol. The van der Waals surface area contributed by atoms with Gasteiger partial charge in [0.25, 0.3) is 0 Å². The van der Waals surface area contributed by atoms with E-state index in [1.165, 1.54) is 0 Å². The predicted octanol–water partition coefficient (Wildman–Crippen LogP) is 4.20. The number of aromatic nitrogens is 1. The summed E-state index contributed by atoms with van der Waals surface area (Å²) in [4.78, 5) is 4.07. The topological polar surface area (TPSA) is 22.1 Å². The molecule has 0 aliphatic carbocycles. The van der Waals surface area contributed by atoms with E-state index < -0.39 is 11.6 Å². The van der Waals surface area contributed by atoms with Gasteiger partial charge in [-0.1, -0.05) is 0 Å². The standard InChI is InChI=1S/C13H10ClF2NO/c1-8-2-13(9(6-14)7-17-8)18-12-4-10(15)3-11(16)5-12/h2-5,7H,6H2,1H3. The first-order valence-electron chi connectivity index (χ1n) is 5.24. The van der Waals surface area contributed by atoms with Gasteiger partial charge in [-0.15, -0.1) is 11.6 Å². The lowest BCUT2D eigenvalue weighted by atomic mass is 10.2. The molecular formula is C13H10ClF2NO. The van der Waals surface area contributed by atoms with Gasteiger partial charge in [-0.05, 0) is 6.92 Å². The van der Waals surface area contributed by atoms with Gasteiger partial charge >= 0.3 is 0 Å². The maximum absolute atomic E-state index is 13.0. The van der Waals surface area contributed by atoms with E-state index in [2.05, 4.69) is 4.98 Å². The second-order valence-electron chi connectivity index (χ2n) is 3.77. The van der Waals surface area contributed by atoms with Crippen molar-refractivity contribution in [1.29, 1.82) is 0 Å². The van der Waals surface area contributed by atoms with Gasteiger partial charge in [-0.2, -0.15) is 0 Å². The first kappa shape index (κ1) is 12.8. The van der Waals surface area contributed by atoms with Crippen molar-refractivity contribution in [2.24, 2.45) is 0 Å². The molecule has 0 amide bonds. The minimum Gasteiger partial charge on any atom is -0.457 e. The fraction of sp³-hybridized carbons (Fsp3) is 0.154. The molecule has 2 aromatic rings. The molecule has 0 saturated carbocycles. The summed E-state index contributed by atoms with van der Waals surface area (Å²) in [6.45, 7) is 1.79. The van der Waals surface area contributed by atoms with E-state index in [0.29, 0.717) is 11.3 Å². The normalized spacial score (nSPS) is 10.4. The Bertz CT molecular complexity index is 555. The summed E-state index contributed by atoms with van der Waals surface area (Å²) in [6, 6.07) is 4.67. The van der Waals surface area contributed by atoms with Crippen LogP contribution in [-0.2, 0) is 5.88 Å². The molecule has 5 heteroatoms. The molecule has 2 rings (SSSR count). The number of hydrogen-bond acceptors (Lipinski definition) is 2. The maximum atomic E-state index is 13.0. The molecule has 0 radical (unpaired) electrons. The SMILES string of the molecule is Cc1cc(Oc2cc(F)cc(F)c2)c(CCl)cn1. The van der Waals surface area contributed by atoms with Crippen LogP contribution in [0.2, 0.25) is 0 Å². The average Bonchev–Trinajstić information content (AvgIpc) is 2.27. The molecule has 0 bridgehead atoms. The van der Waals surface area contributed by atoms with Gasteiger partial charge in [0.2, 0.25) is 0 Å². The summed E-state index contributed by atoms with van der Waals surface area (Å²) >= 11 is 5.75. The quantitative estimate of drug-likeness (QED) is 0.779. The molecule has 0 atom stereocenters. The number of benzene rings is 1. The van der Waals surface area contributed by atoms with Crippen molar-refractivity contribution in [3.63, 3.8) is 0 Å². The molecule has 0 spiro atoms. The molecule has 0 saturated heterocycles. The van der Waals surface area contributed by atoms with Crippen LogP contribution in [0, 0.1) is 18.6 Å². The van der Waals surface area contributed by atoms with Gasteiger partial charge in [0.15, 0.2) is 0 Å².